The van der Waals surface area contributed by atoms with Crippen molar-refractivity contribution in [1.29, 1.82) is 0 Å². The van der Waals surface area contributed by atoms with Gasteiger partial charge < -0.3 is 9.47 Å². The minimum absolute atomic E-state index is 0.00346. The number of esters is 1. The van der Waals surface area contributed by atoms with Crippen LogP contribution in [0.15, 0.2) is 77.4 Å². The Bertz CT molecular complexity index is 1360. The Labute approximate surface area is 193 Å². The highest BCUT2D eigenvalue weighted by molar-refractivity contribution is 6.13. The normalized spacial score (nSPS) is 14.0. The highest BCUT2D eigenvalue weighted by Crippen LogP contribution is 2.25. The number of hydrogen-bond donors (Lipinski definition) is 0. The second kappa shape index (κ2) is 9.33. The molecule has 0 unspecified atom stereocenters. The largest absolute Gasteiger partial charge is 0.489 e. The minimum Gasteiger partial charge on any atom is -0.489 e. The SMILES string of the molecule is Cc1ccc(C2=N/C(=C\c3ccc(OCc4cccc([N+](=O)[O-])c4)cc3)C(=O)O2)cc1[N+](=O)[O-]. The van der Waals surface area contributed by atoms with Crippen LogP contribution in [-0.4, -0.2) is 21.7 Å². The molecule has 0 bridgehead atoms. The molecule has 10 nitrogen and oxygen atoms in total. The summed E-state index contributed by atoms with van der Waals surface area (Å²) in [5.74, 6) is -0.126. The lowest BCUT2D eigenvalue weighted by atomic mass is 10.1. The molecule has 34 heavy (non-hydrogen) atoms. The number of cyclic esters (lactones) is 1. The van der Waals surface area contributed by atoms with Crippen molar-refractivity contribution in [3.05, 3.63) is 115 Å². The van der Waals surface area contributed by atoms with Crippen molar-refractivity contribution >= 4 is 29.3 Å². The summed E-state index contributed by atoms with van der Waals surface area (Å²) in [5.41, 5.74) is 2.10. The molecule has 0 saturated carbocycles. The summed E-state index contributed by atoms with van der Waals surface area (Å²) in [5, 5.41) is 22.0. The van der Waals surface area contributed by atoms with E-state index in [9.17, 15) is 25.0 Å². The second-order valence-corrected chi connectivity index (χ2v) is 7.38. The van der Waals surface area contributed by atoms with Gasteiger partial charge in [-0.3, -0.25) is 20.2 Å². The maximum Gasteiger partial charge on any atom is 0.363 e. The monoisotopic (exact) mass is 459 g/mol. The quantitative estimate of drug-likeness (QED) is 0.216. The molecule has 0 radical (unpaired) electrons. The van der Waals surface area contributed by atoms with Gasteiger partial charge in [0.1, 0.15) is 12.4 Å². The number of benzene rings is 3. The third-order valence-corrected chi connectivity index (χ3v) is 4.98. The van der Waals surface area contributed by atoms with Crippen molar-refractivity contribution in [3.8, 4) is 5.75 Å². The molecule has 10 heteroatoms. The average Bonchev–Trinajstić information content (AvgIpc) is 3.19. The molecule has 3 aromatic rings. The predicted octanol–water partition coefficient (Wildman–Crippen LogP) is 4.73. The van der Waals surface area contributed by atoms with Crippen LogP contribution in [0.3, 0.4) is 0 Å². The fourth-order valence-corrected chi connectivity index (χ4v) is 3.22. The number of nitro groups is 2. The summed E-state index contributed by atoms with van der Waals surface area (Å²) in [6, 6.07) is 17.5. The van der Waals surface area contributed by atoms with Gasteiger partial charge in [0.2, 0.25) is 5.90 Å². The van der Waals surface area contributed by atoms with Gasteiger partial charge in [-0.05, 0) is 42.3 Å². The van der Waals surface area contributed by atoms with E-state index in [0.717, 1.165) is 0 Å². The van der Waals surface area contributed by atoms with E-state index in [-0.39, 0.29) is 29.6 Å². The van der Waals surface area contributed by atoms with Gasteiger partial charge in [-0.25, -0.2) is 9.79 Å². The van der Waals surface area contributed by atoms with E-state index in [1.54, 1.807) is 55.5 Å². The molecule has 0 aliphatic carbocycles. The zero-order valence-corrected chi connectivity index (χ0v) is 17.8. The van der Waals surface area contributed by atoms with Crippen LogP contribution in [0.25, 0.3) is 6.08 Å². The lowest BCUT2D eigenvalue weighted by molar-refractivity contribution is -0.385. The van der Waals surface area contributed by atoms with Crippen LogP contribution in [0.1, 0.15) is 22.3 Å². The van der Waals surface area contributed by atoms with Crippen molar-refractivity contribution in [2.45, 2.75) is 13.5 Å². The van der Waals surface area contributed by atoms with E-state index in [4.69, 9.17) is 9.47 Å². The molecular formula is C24H17N3O7. The molecule has 1 aliphatic rings. The molecular weight excluding hydrogens is 442 g/mol. The van der Waals surface area contributed by atoms with Crippen molar-refractivity contribution in [1.82, 2.24) is 0 Å². The number of nitrogens with zero attached hydrogens (tertiary/aromatic N) is 3. The smallest absolute Gasteiger partial charge is 0.363 e. The lowest BCUT2D eigenvalue weighted by Crippen LogP contribution is -2.06. The molecule has 1 aliphatic heterocycles. The van der Waals surface area contributed by atoms with Crippen LogP contribution in [0.5, 0.6) is 5.75 Å². The molecule has 0 fully saturated rings. The van der Waals surface area contributed by atoms with Gasteiger partial charge in [-0.15, -0.1) is 0 Å². The van der Waals surface area contributed by atoms with Gasteiger partial charge in [-0.2, -0.15) is 0 Å². The first kappa shape index (κ1) is 22.3. The summed E-state index contributed by atoms with van der Waals surface area (Å²) in [6.45, 7) is 1.78. The third kappa shape index (κ3) is 4.96. The zero-order chi connectivity index (χ0) is 24.2. The third-order valence-electron chi connectivity index (χ3n) is 4.98. The number of aryl methyl sites for hydroxylation is 1. The number of carbonyl (C=O) groups is 1. The molecule has 0 amide bonds. The maximum atomic E-state index is 12.2. The first-order valence-corrected chi connectivity index (χ1v) is 10.0. The van der Waals surface area contributed by atoms with E-state index < -0.39 is 15.8 Å². The lowest BCUT2D eigenvalue weighted by Gasteiger charge is -2.06. The number of ether oxygens (including phenoxy) is 2. The van der Waals surface area contributed by atoms with Crippen LogP contribution in [0.4, 0.5) is 11.4 Å². The van der Waals surface area contributed by atoms with Crippen LogP contribution in [0, 0.1) is 27.2 Å². The van der Waals surface area contributed by atoms with Gasteiger partial charge in [0.05, 0.1) is 9.85 Å². The standard InChI is InChI=1S/C24H17N3O7/c1-15-5-8-18(13-22(15)27(31)32)23-25-21(24(28)34-23)12-16-6-9-20(10-7-16)33-14-17-3-2-4-19(11-17)26(29)30/h2-13H,14H2,1H3/b21-12-. The van der Waals surface area contributed by atoms with Crippen LogP contribution in [-0.2, 0) is 16.1 Å². The molecule has 0 saturated heterocycles. The summed E-state index contributed by atoms with van der Waals surface area (Å²) >= 11 is 0. The number of aliphatic imine (C=N–C) groups is 1. The Hall–Kier alpha value is -4.86. The van der Waals surface area contributed by atoms with Crippen molar-refractivity contribution in [2.75, 3.05) is 0 Å². The summed E-state index contributed by atoms with van der Waals surface area (Å²) < 4.78 is 10.9. The molecule has 0 aromatic heterocycles. The van der Waals surface area contributed by atoms with Crippen LogP contribution in [0.2, 0.25) is 0 Å². The Balaban J connectivity index is 1.47. The first-order chi connectivity index (χ1) is 16.3. The van der Waals surface area contributed by atoms with Gasteiger partial charge >= 0.3 is 5.97 Å². The summed E-state index contributed by atoms with van der Waals surface area (Å²) in [7, 11) is 0. The molecule has 1 heterocycles. The van der Waals surface area contributed by atoms with Crippen molar-refractivity contribution in [3.63, 3.8) is 0 Å². The Morgan fingerprint density at radius 2 is 1.76 bits per heavy atom. The maximum absolute atomic E-state index is 12.2. The fraction of sp³-hybridized carbons (Fsp3) is 0.0833. The Kier molecular flexibility index (Phi) is 6.13. The Morgan fingerprint density at radius 3 is 2.47 bits per heavy atom. The average molecular weight is 459 g/mol. The minimum atomic E-state index is -0.663. The summed E-state index contributed by atoms with van der Waals surface area (Å²) in [6.07, 6.45) is 1.53. The van der Waals surface area contributed by atoms with Gasteiger partial charge in [0, 0.05) is 29.3 Å². The second-order valence-electron chi connectivity index (χ2n) is 7.38. The predicted molar refractivity (Wildman–Crippen MR) is 122 cm³/mol. The molecule has 0 N–H and O–H groups in total. The van der Waals surface area contributed by atoms with Crippen molar-refractivity contribution < 1.29 is 24.1 Å². The number of rotatable bonds is 7. The molecule has 0 spiro atoms. The van der Waals surface area contributed by atoms with Gasteiger partial charge in [0.15, 0.2) is 5.70 Å². The first-order valence-electron chi connectivity index (χ1n) is 10.0. The number of non-ortho nitro benzene ring substituents is 1. The zero-order valence-electron chi connectivity index (χ0n) is 17.8. The topological polar surface area (TPSA) is 134 Å². The van der Waals surface area contributed by atoms with E-state index >= 15 is 0 Å². The Morgan fingerprint density at radius 1 is 1.00 bits per heavy atom. The molecule has 0 atom stereocenters. The van der Waals surface area contributed by atoms with E-state index in [1.807, 2.05) is 0 Å². The van der Waals surface area contributed by atoms with Crippen molar-refractivity contribution in [2.24, 2.45) is 4.99 Å². The molecule has 3 aromatic carbocycles. The highest BCUT2D eigenvalue weighted by Gasteiger charge is 2.25. The highest BCUT2D eigenvalue weighted by atomic mass is 16.6. The number of carbonyl (C=O) groups excluding carboxylic acids is 1. The number of hydrogen-bond acceptors (Lipinski definition) is 8. The van der Waals surface area contributed by atoms with E-state index in [2.05, 4.69) is 4.99 Å². The van der Waals surface area contributed by atoms with Gasteiger partial charge in [-0.1, -0.05) is 30.3 Å². The van der Waals surface area contributed by atoms with E-state index in [1.165, 1.54) is 24.3 Å². The van der Waals surface area contributed by atoms with E-state index in [0.29, 0.717) is 28.0 Å². The van der Waals surface area contributed by atoms with Crippen LogP contribution < -0.4 is 4.74 Å². The van der Waals surface area contributed by atoms with Crippen LogP contribution >= 0.6 is 0 Å². The molecule has 4 rings (SSSR count). The molecule has 170 valence electrons. The summed E-state index contributed by atoms with van der Waals surface area (Å²) in [4.78, 5) is 37.5. The fourth-order valence-electron chi connectivity index (χ4n) is 3.22. The number of nitro benzene ring substituents is 2. The van der Waals surface area contributed by atoms with Gasteiger partial charge in [0.25, 0.3) is 11.4 Å².